The van der Waals surface area contributed by atoms with Gasteiger partial charge in [0.05, 0.1) is 0 Å². The van der Waals surface area contributed by atoms with Gasteiger partial charge in [-0.2, -0.15) is 0 Å². The normalized spacial score (nSPS) is 15.2. The van der Waals surface area contributed by atoms with Crippen molar-refractivity contribution >= 4 is 6.09 Å². The zero-order valence-corrected chi connectivity index (χ0v) is 10.7. The van der Waals surface area contributed by atoms with E-state index in [2.05, 4.69) is 35.2 Å². The molecule has 2 rings (SSSR count). The van der Waals surface area contributed by atoms with E-state index in [4.69, 9.17) is 5.73 Å². The molecule has 4 nitrogen and oxygen atoms in total. The minimum atomic E-state index is -0.720. The van der Waals surface area contributed by atoms with Crippen molar-refractivity contribution in [2.45, 2.75) is 32.2 Å². The molecule has 4 heteroatoms. The molecule has 0 aromatic heterocycles. The van der Waals surface area contributed by atoms with Crippen LogP contribution in [0.5, 0.6) is 0 Å². The molecule has 1 atom stereocenters. The van der Waals surface area contributed by atoms with Crippen molar-refractivity contribution in [2.24, 2.45) is 5.73 Å². The molecule has 0 saturated heterocycles. The lowest BCUT2D eigenvalue weighted by molar-refractivity contribution is 0.156. The molecule has 0 saturated carbocycles. The van der Waals surface area contributed by atoms with Crippen LogP contribution in [0, 0.1) is 0 Å². The van der Waals surface area contributed by atoms with Gasteiger partial charge in [-0.25, -0.2) is 4.79 Å². The number of rotatable bonds is 5. The van der Waals surface area contributed by atoms with E-state index in [1.807, 2.05) is 0 Å². The molecule has 1 aliphatic rings. The average Bonchev–Trinajstić information content (AvgIpc) is 2.81. The molecule has 0 bridgehead atoms. The smallest absolute Gasteiger partial charge is 0.404 e. The van der Waals surface area contributed by atoms with Gasteiger partial charge in [-0.15, -0.1) is 0 Å². The van der Waals surface area contributed by atoms with Gasteiger partial charge < -0.3 is 15.8 Å². The highest BCUT2D eigenvalue weighted by molar-refractivity contribution is 5.64. The summed E-state index contributed by atoms with van der Waals surface area (Å²) in [5.41, 5.74) is 9.15. The van der Waals surface area contributed by atoms with Gasteiger partial charge in [0.15, 0.2) is 0 Å². The molecule has 98 valence electrons. The second-order valence-corrected chi connectivity index (χ2v) is 4.73. The Morgan fingerprint density at radius 2 is 2.22 bits per heavy atom. The first-order valence-electron chi connectivity index (χ1n) is 6.44. The average molecular weight is 248 g/mol. The molecule has 1 unspecified atom stereocenters. The summed E-state index contributed by atoms with van der Waals surface area (Å²) in [5, 5.41) is 3.31. The first-order chi connectivity index (χ1) is 8.66. The van der Waals surface area contributed by atoms with Crippen LogP contribution in [-0.4, -0.2) is 19.2 Å². The number of benzene rings is 1. The second kappa shape index (κ2) is 5.87. The summed E-state index contributed by atoms with van der Waals surface area (Å²) in [6.45, 7) is 3.03. The van der Waals surface area contributed by atoms with Crippen molar-refractivity contribution in [3.63, 3.8) is 0 Å². The minimum absolute atomic E-state index is 0.257. The predicted octanol–water partition coefficient (Wildman–Crippen LogP) is 1.92. The summed E-state index contributed by atoms with van der Waals surface area (Å²) in [7, 11) is 0. The Kier molecular flexibility index (Phi) is 4.20. The number of hydrogen-bond acceptors (Lipinski definition) is 3. The van der Waals surface area contributed by atoms with Gasteiger partial charge in [0.2, 0.25) is 0 Å². The van der Waals surface area contributed by atoms with Gasteiger partial charge in [0.1, 0.15) is 6.61 Å². The minimum Gasteiger partial charge on any atom is -0.448 e. The van der Waals surface area contributed by atoms with Crippen LogP contribution in [0.15, 0.2) is 18.2 Å². The van der Waals surface area contributed by atoms with Crippen molar-refractivity contribution < 1.29 is 9.53 Å². The largest absolute Gasteiger partial charge is 0.448 e. The fourth-order valence-electron chi connectivity index (χ4n) is 2.41. The monoisotopic (exact) mass is 248 g/mol. The third-order valence-electron chi connectivity index (χ3n) is 3.42. The number of amides is 1. The molecule has 0 aliphatic heterocycles. The van der Waals surface area contributed by atoms with Crippen molar-refractivity contribution in [3.05, 3.63) is 34.9 Å². The van der Waals surface area contributed by atoms with Crippen LogP contribution in [0.2, 0.25) is 0 Å². The Labute approximate surface area is 108 Å². The number of nitrogens with two attached hydrogens (primary N) is 1. The van der Waals surface area contributed by atoms with Crippen molar-refractivity contribution in [2.75, 3.05) is 13.2 Å². The summed E-state index contributed by atoms with van der Waals surface area (Å²) < 4.78 is 4.68. The van der Waals surface area contributed by atoms with E-state index in [0.717, 1.165) is 0 Å². The van der Waals surface area contributed by atoms with Crippen LogP contribution in [0.25, 0.3) is 0 Å². The first kappa shape index (κ1) is 12.9. The molecule has 0 spiro atoms. The summed E-state index contributed by atoms with van der Waals surface area (Å²) in [6.07, 6.45) is 2.96. The number of aryl methyl sites for hydroxylation is 2. The quantitative estimate of drug-likeness (QED) is 0.782. The molecule has 1 amide bonds. The SMILES string of the molecule is CC(NCCOC(N)=O)c1ccc2c(c1)CCC2. The maximum absolute atomic E-state index is 10.4. The van der Waals surface area contributed by atoms with E-state index in [1.54, 1.807) is 0 Å². The van der Waals surface area contributed by atoms with Crippen LogP contribution in [0.1, 0.15) is 36.1 Å². The fourth-order valence-corrected chi connectivity index (χ4v) is 2.41. The third kappa shape index (κ3) is 3.23. The Balaban J connectivity index is 1.85. The Morgan fingerprint density at radius 3 is 3.00 bits per heavy atom. The molecular formula is C14H20N2O2. The highest BCUT2D eigenvalue weighted by Crippen LogP contribution is 2.25. The lowest BCUT2D eigenvalue weighted by Gasteiger charge is -2.15. The van der Waals surface area contributed by atoms with Gasteiger partial charge >= 0.3 is 6.09 Å². The number of primary amides is 1. The molecular weight excluding hydrogens is 228 g/mol. The maximum atomic E-state index is 10.4. The van der Waals surface area contributed by atoms with Crippen LogP contribution < -0.4 is 11.1 Å². The third-order valence-corrected chi connectivity index (χ3v) is 3.42. The number of carbonyl (C=O) groups is 1. The summed E-state index contributed by atoms with van der Waals surface area (Å²) in [6, 6.07) is 6.95. The zero-order valence-electron chi connectivity index (χ0n) is 10.7. The Morgan fingerprint density at radius 1 is 1.44 bits per heavy atom. The van der Waals surface area contributed by atoms with Crippen LogP contribution in [0.4, 0.5) is 4.79 Å². The lowest BCUT2D eigenvalue weighted by Crippen LogP contribution is -2.26. The zero-order chi connectivity index (χ0) is 13.0. The van der Waals surface area contributed by atoms with Gasteiger partial charge in [-0.3, -0.25) is 0 Å². The molecule has 1 aliphatic carbocycles. The molecule has 3 N–H and O–H groups in total. The van der Waals surface area contributed by atoms with E-state index < -0.39 is 6.09 Å². The van der Waals surface area contributed by atoms with Gasteiger partial charge in [-0.1, -0.05) is 18.2 Å². The highest BCUT2D eigenvalue weighted by Gasteiger charge is 2.13. The van der Waals surface area contributed by atoms with Crippen molar-refractivity contribution in [3.8, 4) is 0 Å². The van der Waals surface area contributed by atoms with Gasteiger partial charge in [0.25, 0.3) is 0 Å². The second-order valence-electron chi connectivity index (χ2n) is 4.73. The van der Waals surface area contributed by atoms with Gasteiger partial charge in [-0.05, 0) is 42.9 Å². The van der Waals surface area contributed by atoms with Crippen molar-refractivity contribution in [1.29, 1.82) is 0 Å². The predicted molar refractivity (Wildman–Crippen MR) is 70.4 cm³/mol. The number of ether oxygens (including phenoxy) is 1. The first-order valence-corrected chi connectivity index (χ1v) is 6.44. The van der Waals surface area contributed by atoms with Crippen LogP contribution in [0.3, 0.4) is 0 Å². The molecule has 1 aromatic carbocycles. The highest BCUT2D eigenvalue weighted by atomic mass is 16.5. The van der Waals surface area contributed by atoms with Crippen molar-refractivity contribution in [1.82, 2.24) is 5.32 Å². The number of hydrogen-bond donors (Lipinski definition) is 2. The Hall–Kier alpha value is -1.55. The Bertz CT molecular complexity index is 432. The summed E-state index contributed by atoms with van der Waals surface area (Å²) in [4.78, 5) is 10.4. The van der Waals surface area contributed by atoms with Crippen LogP contribution >= 0.6 is 0 Å². The number of carbonyl (C=O) groups excluding carboxylic acids is 1. The topological polar surface area (TPSA) is 64.3 Å². The van der Waals surface area contributed by atoms with E-state index in [0.29, 0.717) is 13.2 Å². The number of nitrogens with one attached hydrogen (secondary N) is 1. The number of fused-ring (bicyclic) bond motifs is 1. The van der Waals surface area contributed by atoms with E-state index in [1.165, 1.54) is 36.0 Å². The summed E-state index contributed by atoms with van der Waals surface area (Å²) in [5.74, 6) is 0. The molecule has 1 aromatic rings. The fraction of sp³-hybridized carbons (Fsp3) is 0.500. The lowest BCUT2D eigenvalue weighted by atomic mass is 10.0. The van der Waals surface area contributed by atoms with E-state index in [-0.39, 0.29) is 6.04 Å². The molecule has 18 heavy (non-hydrogen) atoms. The molecule has 0 radical (unpaired) electrons. The standard InChI is InChI=1S/C14H20N2O2/c1-10(16-7-8-18-14(15)17)12-6-5-11-3-2-4-13(11)9-12/h5-6,9-10,16H,2-4,7-8H2,1H3,(H2,15,17). The van der Waals surface area contributed by atoms with E-state index >= 15 is 0 Å². The summed E-state index contributed by atoms with van der Waals surface area (Å²) >= 11 is 0. The molecule has 0 fully saturated rings. The van der Waals surface area contributed by atoms with Crippen LogP contribution in [-0.2, 0) is 17.6 Å². The van der Waals surface area contributed by atoms with E-state index in [9.17, 15) is 4.79 Å². The maximum Gasteiger partial charge on any atom is 0.404 e. The van der Waals surface area contributed by atoms with Gasteiger partial charge in [0, 0.05) is 12.6 Å². The molecule has 0 heterocycles.